The number of carboxylic acids is 1. The van der Waals surface area contributed by atoms with Crippen molar-refractivity contribution in [2.75, 3.05) is 45.3 Å². The highest BCUT2D eigenvalue weighted by Gasteiger charge is 2.55. The molecule has 0 aliphatic carbocycles. The van der Waals surface area contributed by atoms with Crippen molar-refractivity contribution in [2.45, 2.75) is 24.3 Å². The van der Waals surface area contributed by atoms with Crippen LogP contribution in [-0.2, 0) is 19.2 Å². The van der Waals surface area contributed by atoms with E-state index in [2.05, 4.69) is 22.5 Å². The highest BCUT2D eigenvalue weighted by Crippen LogP contribution is 2.41. The fourth-order valence-corrected chi connectivity index (χ4v) is 6.31. The van der Waals surface area contributed by atoms with E-state index in [1.165, 1.54) is 23.8 Å². The Kier molecular flexibility index (Phi) is 9.22. The van der Waals surface area contributed by atoms with E-state index in [4.69, 9.17) is 10.6 Å². The van der Waals surface area contributed by atoms with Gasteiger partial charge in [-0.15, -0.1) is 35.5 Å². The summed E-state index contributed by atoms with van der Waals surface area (Å²) < 4.78 is 0.785. The van der Waals surface area contributed by atoms with Gasteiger partial charge in [-0.2, -0.15) is 0 Å². The number of nitrogens with one attached hydrogen (secondary N) is 1. The van der Waals surface area contributed by atoms with Gasteiger partial charge >= 0.3 is 5.97 Å². The number of nitrogens with zero attached hydrogens (tertiary/aromatic N) is 4. The van der Waals surface area contributed by atoms with Crippen molar-refractivity contribution in [3.8, 4) is 0 Å². The molecule has 2 saturated heterocycles. The Morgan fingerprint density at radius 3 is 2.65 bits per heavy atom. The summed E-state index contributed by atoms with van der Waals surface area (Å²) >= 11 is 2.61. The van der Waals surface area contributed by atoms with Gasteiger partial charge in [-0.25, -0.2) is 9.78 Å². The van der Waals surface area contributed by atoms with Gasteiger partial charge in [-0.1, -0.05) is 5.16 Å². The first-order chi connectivity index (χ1) is 15.2. The first-order valence-electron chi connectivity index (χ1n) is 10.1. The summed E-state index contributed by atoms with van der Waals surface area (Å²) in [6, 6.07) is -0.863. The first-order valence-corrected chi connectivity index (χ1v) is 12.0. The quantitative estimate of drug-likeness (QED) is 0.145. The minimum atomic E-state index is -1.12. The molecule has 15 heteroatoms. The number of hydrogen-bond acceptors (Lipinski definition) is 9. The third-order valence-electron chi connectivity index (χ3n) is 5.92. The number of amides is 2. The molecule has 0 aromatic carbocycles. The molecule has 4 rings (SSSR count). The molecule has 0 radical (unpaired) electrons. The molecule has 2 unspecified atom stereocenters. The summed E-state index contributed by atoms with van der Waals surface area (Å²) in [5.74, 6) is -1.71. The van der Waals surface area contributed by atoms with E-state index >= 15 is 0 Å². The number of carbonyl (C=O) groups excluding carboxylic acids is 2. The molecule has 188 valence electrons. The van der Waals surface area contributed by atoms with Crippen LogP contribution in [0.5, 0.6) is 0 Å². The van der Waals surface area contributed by atoms with Crippen molar-refractivity contribution < 1.29 is 41.2 Å². The average molecular weight is 553 g/mol. The molecule has 34 heavy (non-hydrogen) atoms. The molecule has 11 nitrogen and oxygen atoms in total. The number of halogens is 2. The maximum Gasteiger partial charge on any atom is 0.352 e. The largest absolute Gasteiger partial charge is 1.00 e. The Balaban J connectivity index is 0.00000204. The number of nitrogen functional groups attached to an aromatic ring is 1. The summed E-state index contributed by atoms with van der Waals surface area (Å²) in [4.78, 5) is 47.9. The number of carboxylic acid groups (broad SMARTS) is 1. The number of likely N-dealkylation sites (tertiary alicyclic amines) is 1. The molecule has 2 amide bonds. The number of thioether (sulfide) groups is 1. The predicted molar refractivity (Wildman–Crippen MR) is 127 cm³/mol. The van der Waals surface area contributed by atoms with Crippen LogP contribution in [0.4, 0.5) is 5.13 Å². The topological polar surface area (TPSA) is 147 Å². The SMILES string of the molecule is CO/N=C(\C(=O)NC1C(=O)N2C(C(=O)O)=C(C[N+]3(C)CCCC3)CSC12)c1csc(N)n1.Cl.[Cl-]. The number of hydrogen-bond donors (Lipinski definition) is 3. The van der Waals surface area contributed by atoms with Crippen LogP contribution in [0.1, 0.15) is 18.5 Å². The average Bonchev–Trinajstić information content (AvgIpc) is 3.37. The van der Waals surface area contributed by atoms with Crippen LogP contribution in [0.2, 0.25) is 0 Å². The van der Waals surface area contributed by atoms with Gasteiger partial charge in [0.05, 0.1) is 20.1 Å². The van der Waals surface area contributed by atoms with Gasteiger partial charge in [0.25, 0.3) is 11.8 Å². The zero-order valence-electron chi connectivity index (χ0n) is 18.5. The van der Waals surface area contributed by atoms with Gasteiger partial charge in [0, 0.05) is 29.5 Å². The van der Waals surface area contributed by atoms with Gasteiger partial charge in [-0.05, 0) is 0 Å². The lowest BCUT2D eigenvalue weighted by atomic mass is 10.0. The first kappa shape index (κ1) is 28.2. The van der Waals surface area contributed by atoms with Gasteiger partial charge in [0.2, 0.25) is 0 Å². The zero-order valence-corrected chi connectivity index (χ0v) is 21.7. The van der Waals surface area contributed by atoms with Crippen LogP contribution < -0.4 is 23.5 Å². The van der Waals surface area contributed by atoms with Crippen LogP contribution >= 0.6 is 35.5 Å². The van der Waals surface area contributed by atoms with Crippen molar-refractivity contribution in [1.82, 2.24) is 15.2 Å². The summed E-state index contributed by atoms with van der Waals surface area (Å²) in [6.07, 6.45) is 2.24. The van der Waals surface area contributed by atoms with E-state index in [0.29, 0.717) is 12.3 Å². The van der Waals surface area contributed by atoms with E-state index in [1.54, 1.807) is 5.38 Å². The van der Waals surface area contributed by atoms with Gasteiger partial charge in [0.1, 0.15) is 36.5 Å². The molecule has 0 saturated carbocycles. The second-order valence-corrected chi connectivity index (χ2v) is 10.2. The summed E-state index contributed by atoms with van der Waals surface area (Å²) in [6.45, 7) is 2.61. The molecule has 4 N–H and O–H groups in total. The Morgan fingerprint density at radius 1 is 1.41 bits per heavy atom. The second-order valence-electron chi connectivity index (χ2n) is 8.24. The predicted octanol–water partition coefficient (Wildman–Crippen LogP) is -2.52. The molecule has 3 aliphatic rings. The summed E-state index contributed by atoms with van der Waals surface area (Å²) in [7, 11) is 3.42. The van der Waals surface area contributed by atoms with Crippen molar-refractivity contribution in [2.24, 2.45) is 5.16 Å². The Hall–Kier alpha value is -2.06. The molecule has 3 aliphatic heterocycles. The number of carbonyl (C=O) groups is 3. The van der Waals surface area contributed by atoms with E-state index in [9.17, 15) is 19.5 Å². The van der Waals surface area contributed by atoms with E-state index in [0.717, 1.165) is 47.3 Å². The normalized spacial score (nSPS) is 23.3. The number of fused-ring (bicyclic) bond motifs is 1. The second kappa shape index (κ2) is 11.1. The Labute approximate surface area is 217 Å². The van der Waals surface area contributed by atoms with Crippen molar-refractivity contribution in [1.29, 1.82) is 0 Å². The summed E-state index contributed by atoms with van der Waals surface area (Å²) in [5.41, 5.74) is 6.59. The molecule has 1 aromatic rings. The van der Waals surface area contributed by atoms with Crippen LogP contribution in [0, 0.1) is 0 Å². The van der Waals surface area contributed by atoms with Crippen LogP contribution in [0.15, 0.2) is 21.8 Å². The van der Waals surface area contributed by atoms with E-state index in [-0.39, 0.29) is 47.0 Å². The van der Waals surface area contributed by atoms with Gasteiger partial charge in [-0.3, -0.25) is 14.5 Å². The number of aromatic nitrogens is 1. The Morgan fingerprint density at radius 2 is 2.09 bits per heavy atom. The zero-order chi connectivity index (χ0) is 23.0. The standard InChI is InChI=1S/C19H24N6O5S2.2ClH/c1-25(5-3-4-6-25)7-10-8-31-17-13(16(27)24(17)14(10)18(28)29)22-15(26)12(23-30-2)11-9-32-19(20)21-11;;/h9,13,17H,3-8H2,1-2H3,(H3-,20,21,22,26,28,29);2*1H/b23-12-;;. The number of quaternary nitrogens is 1. The number of β-lactam (4-membered cyclic amide) rings is 1. The van der Waals surface area contributed by atoms with Crippen molar-refractivity contribution in [3.63, 3.8) is 0 Å². The minimum absolute atomic E-state index is 0. The smallest absolute Gasteiger partial charge is 0.352 e. The minimum Gasteiger partial charge on any atom is -1.00 e. The van der Waals surface area contributed by atoms with Gasteiger partial charge in [0.15, 0.2) is 10.8 Å². The van der Waals surface area contributed by atoms with E-state index in [1.807, 2.05) is 0 Å². The molecular weight excluding hydrogens is 527 g/mol. The Bertz CT molecular complexity index is 1030. The molecular formula is C19H26Cl2N6O5S2. The number of rotatable bonds is 7. The van der Waals surface area contributed by atoms with E-state index < -0.39 is 29.2 Å². The molecule has 0 spiro atoms. The summed E-state index contributed by atoms with van der Waals surface area (Å²) in [5, 5.41) is 17.6. The van der Waals surface area contributed by atoms with Crippen molar-refractivity contribution >= 4 is 64.1 Å². The fraction of sp³-hybridized carbons (Fsp3) is 0.526. The number of nitrogens with two attached hydrogens (primary N) is 1. The molecule has 0 bridgehead atoms. The van der Waals surface area contributed by atoms with Gasteiger partial charge < -0.3 is 37.9 Å². The fourth-order valence-electron chi connectivity index (χ4n) is 4.42. The number of oxime groups is 1. The number of anilines is 1. The number of aliphatic carboxylic acids is 1. The van der Waals surface area contributed by atoms with Crippen LogP contribution in [0.25, 0.3) is 0 Å². The lowest BCUT2D eigenvalue weighted by molar-refractivity contribution is -0.893. The monoisotopic (exact) mass is 552 g/mol. The highest BCUT2D eigenvalue weighted by molar-refractivity contribution is 8.00. The molecule has 2 atom stereocenters. The molecule has 1 aromatic heterocycles. The molecule has 4 heterocycles. The molecule has 2 fully saturated rings. The maximum absolute atomic E-state index is 12.9. The van der Waals surface area contributed by atoms with Crippen molar-refractivity contribution in [3.05, 3.63) is 22.3 Å². The maximum atomic E-state index is 12.9. The van der Waals surface area contributed by atoms with Crippen LogP contribution in [0.3, 0.4) is 0 Å². The van der Waals surface area contributed by atoms with Crippen LogP contribution in [-0.4, -0.2) is 93.9 Å². The lowest BCUT2D eigenvalue weighted by Crippen LogP contribution is -3.00. The number of thiazole rings is 1. The lowest BCUT2D eigenvalue weighted by Gasteiger charge is -2.49. The highest BCUT2D eigenvalue weighted by atomic mass is 35.5. The third-order valence-corrected chi connectivity index (χ3v) is 7.93. The third kappa shape index (κ3) is 5.28. The number of likely N-dealkylation sites (N-methyl/N-ethyl adjacent to an activating group) is 1.